The number of nitrogens with zero attached hydrogens (tertiary/aromatic N) is 2. The van der Waals surface area contributed by atoms with Crippen LogP contribution in [0.3, 0.4) is 0 Å². The zero-order valence-electron chi connectivity index (χ0n) is 17.8. The lowest BCUT2D eigenvalue weighted by molar-refractivity contribution is 0.245. The van der Waals surface area contributed by atoms with Crippen molar-refractivity contribution in [3.05, 3.63) is 35.4 Å². The molecular weight excluding hydrogens is 463 g/mol. The molecule has 0 aliphatic carbocycles. The summed E-state index contributed by atoms with van der Waals surface area (Å²) >= 11 is 0. The Bertz CT molecular complexity index is 579. The average molecular weight is 502 g/mol. The second-order valence-corrected chi connectivity index (χ2v) is 7.95. The van der Waals surface area contributed by atoms with E-state index in [9.17, 15) is 5.11 Å². The van der Waals surface area contributed by atoms with Crippen LogP contribution in [-0.2, 0) is 13.0 Å². The Morgan fingerprint density at radius 1 is 1.21 bits per heavy atom. The quantitative estimate of drug-likeness (QED) is 0.261. The molecule has 2 rings (SSSR count). The van der Waals surface area contributed by atoms with E-state index in [1.807, 2.05) is 0 Å². The maximum atomic E-state index is 9.29. The van der Waals surface area contributed by atoms with Gasteiger partial charge >= 0.3 is 0 Å². The number of hydrogen-bond acceptors (Lipinski definition) is 3. The molecule has 1 aliphatic rings. The first-order chi connectivity index (χ1) is 13.1. The third-order valence-corrected chi connectivity index (χ3v) is 5.12. The summed E-state index contributed by atoms with van der Waals surface area (Å²) in [6.45, 7) is 12.5. The van der Waals surface area contributed by atoms with Crippen LogP contribution in [0.1, 0.15) is 44.7 Å². The van der Waals surface area contributed by atoms with Gasteiger partial charge in [-0.25, -0.2) is 0 Å². The van der Waals surface area contributed by atoms with E-state index in [1.54, 1.807) is 0 Å². The van der Waals surface area contributed by atoms with Crippen LogP contribution in [0.5, 0.6) is 0 Å². The van der Waals surface area contributed by atoms with E-state index < -0.39 is 0 Å². The Hall–Kier alpha value is -0.860. The van der Waals surface area contributed by atoms with E-state index >= 15 is 0 Å². The highest BCUT2D eigenvalue weighted by Crippen LogP contribution is 2.18. The summed E-state index contributed by atoms with van der Waals surface area (Å²) in [6.07, 6.45) is 3.08. The predicted octanol–water partition coefficient (Wildman–Crippen LogP) is 3.26. The molecule has 0 fully saturated rings. The second kappa shape index (κ2) is 14.2. The molecule has 1 atom stereocenters. The molecule has 1 aromatic rings. The molecule has 6 heteroatoms. The lowest BCUT2D eigenvalue weighted by Gasteiger charge is -2.29. The number of guanidine groups is 1. The van der Waals surface area contributed by atoms with Gasteiger partial charge in [0.25, 0.3) is 0 Å². The first-order valence-electron chi connectivity index (χ1n) is 10.5. The molecule has 0 amide bonds. The van der Waals surface area contributed by atoms with E-state index in [-0.39, 0.29) is 30.6 Å². The fourth-order valence-corrected chi connectivity index (χ4v) is 3.77. The standard InChI is InChI=1S/C22H38N4O.HI/c1-4-23-22(25-16-19(10-14-27)15-18(2)3)24-11-13-26-12-9-20-7-5-6-8-21(20)17-26;/h5-8,18-19,27H,4,9-17H2,1-3H3,(H2,23,24,25);1H. The molecule has 1 heterocycles. The molecular formula is C22H39IN4O. The zero-order valence-corrected chi connectivity index (χ0v) is 20.1. The molecule has 0 spiro atoms. The molecule has 3 N–H and O–H groups in total. The number of hydrogen-bond donors (Lipinski definition) is 3. The SMILES string of the molecule is CCNC(=NCC(CCO)CC(C)C)NCCN1CCc2ccccc2C1.I. The van der Waals surface area contributed by atoms with Gasteiger partial charge in [0, 0.05) is 45.9 Å². The van der Waals surface area contributed by atoms with E-state index in [0.29, 0.717) is 11.8 Å². The number of aliphatic imine (C=N–C) groups is 1. The van der Waals surface area contributed by atoms with Crippen LogP contribution in [0.4, 0.5) is 0 Å². The minimum Gasteiger partial charge on any atom is -0.396 e. The third-order valence-electron chi connectivity index (χ3n) is 5.12. The van der Waals surface area contributed by atoms with E-state index in [4.69, 9.17) is 4.99 Å². The molecule has 1 aliphatic heterocycles. The summed E-state index contributed by atoms with van der Waals surface area (Å²) in [6, 6.07) is 8.77. The first kappa shape index (κ1) is 25.2. The number of aliphatic hydroxyl groups excluding tert-OH is 1. The van der Waals surface area contributed by atoms with Gasteiger partial charge in [-0.2, -0.15) is 0 Å². The van der Waals surface area contributed by atoms with Crippen LogP contribution in [-0.4, -0.2) is 55.3 Å². The molecule has 160 valence electrons. The minimum atomic E-state index is 0. The van der Waals surface area contributed by atoms with E-state index in [0.717, 1.165) is 64.5 Å². The lowest BCUT2D eigenvalue weighted by atomic mass is 9.94. The van der Waals surface area contributed by atoms with Gasteiger partial charge in [0.2, 0.25) is 0 Å². The Balaban J connectivity index is 0.00000392. The highest BCUT2D eigenvalue weighted by molar-refractivity contribution is 14.0. The number of aliphatic hydroxyl groups is 1. The molecule has 0 saturated carbocycles. The Morgan fingerprint density at radius 2 is 1.96 bits per heavy atom. The maximum absolute atomic E-state index is 9.29. The Labute approximate surface area is 188 Å². The van der Waals surface area contributed by atoms with Crippen molar-refractivity contribution < 1.29 is 5.11 Å². The maximum Gasteiger partial charge on any atom is 0.191 e. The Kier molecular flexibility index (Phi) is 12.7. The lowest BCUT2D eigenvalue weighted by Crippen LogP contribution is -2.42. The number of rotatable bonds is 10. The third kappa shape index (κ3) is 9.09. The van der Waals surface area contributed by atoms with E-state index in [1.165, 1.54) is 11.1 Å². The van der Waals surface area contributed by atoms with Crippen LogP contribution in [0.25, 0.3) is 0 Å². The molecule has 0 bridgehead atoms. The number of nitrogens with one attached hydrogen (secondary N) is 2. The first-order valence-corrected chi connectivity index (χ1v) is 10.5. The van der Waals surface area contributed by atoms with Gasteiger partial charge in [-0.1, -0.05) is 38.1 Å². The normalized spacial score (nSPS) is 15.7. The average Bonchev–Trinajstić information content (AvgIpc) is 2.65. The summed E-state index contributed by atoms with van der Waals surface area (Å²) in [4.78, 5) is 7.28. The molecule has 1 aromatic carbocycles. The summed E-state index contributed by atoms with van der Waals surface area (Å²) < 4.78 is 0. The molecule has 1 unspecified atom stereocenters. The van der Waals surface area contributed by atoms with Gasteiger partial charge in [-0.15, -0.1) is 24.0 Å². The molecule has 0 radical (unpaired) electrons. The molecule has 0 saturated heterocycles. The number of halogens is 1. The fraction of sp³-hybridized carbons (Fsp3) is 0.682. The van der Waals surface area contributed by atoms with Crippen molar-refractivity contribution in [2.75, 3.05) is 39.3 Å². The zero-order chi connectivity index (χ0) is 19.5. The highest BCUT2D eigenvalue weighted by Gasteiger charge is 2.15. The van der Waals surface area contributed by atoms with Crippen molar-refractivity contribution in [1.82, 2.24) is 15.5 Å². The van der Waals surface area contributed by atoms with Gasteiger partial charge in [0.15, 0.2) is 5.96 Å². The highest BCUT2D eigenvalue weighted by atomic mass is 127. The van der Waals surface area contributed by atoms with Crippen molar-refractivity contribution in [1.29, 1.82) is 0 Å². The van der Waals surface area contributed by atoms with Crippen LogP contribution < -0.4 is 10.6 Å². The summed E-state index contributed by atoms with van der Waals surface area (Å²) in [5, 5.41) is 16.1. The van der Waals surface area contributed by atoms with Crippen molar-refractivity contribution in [3.63, 3.8) is 0 Å². The van der Waals surface area contributed by atoms with Gasteiger partial charge in [-0.05, 0) is 49.1 Å². The van der Waals surface area contributed by atoms with Crippen molar-refractivity contribution >= 4 is 29.9 Å². The van der Waals surface area contributed by atoms with Gasteiger partial charge in [0.1, 0.15) is 0 Å². The largest absolute Gasteiger partial charge is 0.396 e. The minimum absolute atomic E-state index is 0. The fourth-order valence-electron chi connectivity index (χ4n) is 3.77. The van der Waals surface area contributed by atoms with Crippen LogP contribution in [0.15, 0.2) is 29.3 Å². The van der Waals surface area contributed by atoms with Crippen LogP contribution in [0.2, 0.25) is 0 Å². The van der Waals surface area contributed by atoms with Gasteiger partial charge in [-0.3, -0.25) is 9.89 Å². The van der Waals surface area contributed by atoms with Crippen molar-refractivity contribution in [2.24, 2.45) is 16.8 Å². The summed E-state index contributed by atoms with van der Waals surface area (Å²) in [5.74, 6) is 1.97. The molecule has 28 heavy (non-hydrogen) atoms. The second-order valence-electron chi connectivity index (χ2n) is 7.95. The van der Waals surface area contributed by atoms with Crippen molar-refractivity contribution in [2.45, 2.75) is 46.6 Å². The van der Waals surface area contributed by atoms with E-state index in [2.05, 4.69) is 60.6 Å². The van der Waals surface area contributed by atoms with Crippen LogP contribution >= 0.6 is 24.0 Å². The number of benzene rings is 1. The monoisotopic (exact) mass is 502 g/mol. The molecule has 0 aromatic heterocycles. The topological polar surface area (TPSA) is 59.9 Å². The van der Waals surface area contributed by atoms with Crippen molar-refractivity contribution in [3.8, 4) is 0 Å². The van der Waals surface area contributed by atoms with Gasteiger partial charge in [0.05, 0.1) is 0 Å². The summed E-state index contributed by atoms with van der Waals surface area (Å²) in [5.41, 5.74) is 2.96. The van der Waals surface area contributed by atoms with Crippen LogP contribution in [0, 0.1) is 11.8 Å². The number of fused-ring (bicyclic) bond motifs is 1. The Morgan fingerprint density at radius 3 is 2.64 bits per heavy atom. The van der Waals surface area contributed by atoms with Gasteiger partial charge < -0.3 is 15.7 Å². The smallest absolute Gasteiger partial charge is 0.191 e. The summed E-state index contributed by atoms with van der Waals surface area (Å²) in [7, 11) is 0. The predicted molar refractivity (Wildman–Crippen MR) is 129 cm³/mol. The molecule has 5 nitrogen and oxygen atoms in total.